The first-order chi connectivity index (χ1) is 10.8. The quantitative estimate of drug-likeness (QED) is 0.716. The molecular weight excluding hydrogens is 288 g/mol. The zero-order valence-electron chi connectivity index (χ0n) is 12.0. The smallest absolute Gasteiger partial charge is 0.315 e. The lowest BCUT2D eigenvalue weighted by atomic mass is 10.1. The number of hydrogen-bond acceptors (Lipinski definition) is 6. The highest BCUT2D eigenvalue weighted by Gasteiger charge is 2.24. The molecule has 2 amide bonds. The molecule has 118 valence electrons. The van der Waals surface area contributed by atoms with Gasteiger partial charge < -0.3 is 20.2 Å². The average molecular weight is 306 g/mol. The summed E-state index contributed by atoms with van der Waals surface area (Å²) < 4.78 is 7.04. The van der Waals surface area contributed by atoms with Crippen molar-refractivity contribution in [1.29, 1.82) is 0 Å². The SMILES string of the molecule is O=C(NC1CCn2nnnc2C1)NC(CCO)c1ccco1. The molecule has 0 spiro atoms. The Morgan fingerprint density at radius 2 is 2.50 bits per heavy atom. The van der Waals surface area contributed by atoms with Gasteiger partial charge in [-0.3, -0.25) is 0 Å². The maximum Gasteiger partial charge on any atom is 0.315 e. The van der Waals surface area contributed by atoms with E-state index in [0.717, 1.165) is 12.2 Å². The molecular formula is C13H18N6O3. The van der Waals surface area contributed by atoms with Gasteiger partial charge in [-0.05, 0) is 35.4 Å². The molecule has 1 aliphatic rings. The van der Waals surface area contributed by atoms with Crippen LogP contribution in [0.5, 0.6) is 0 Å². The largest absolute Gasteiger partial charge is 0.467 e. The molecule has 9 nitrogen and oxygen atoms in total. The molecule has 9 heteroatoms. The molecule has 3 N–H and O–H groups in total. The summed E-state index contributed by atoms with van der Waals surface area (Å²) in [7, 11) is 0. The van der Waals surface area contributed by atoms with E-state index in [1.807, 2.05) is 0 Å². The summed E-state index contributed by atoms with van der Waals surface area (Å²) in [6.07, 6.45) is 3.31. The van der Waals surface area contributed by atoms with Crippen LogP contribution in [0.25, 0.3) is 0 Å². The van der Waals surface area contributed by atoms with E-state index in [-0.39, 0.29) is 24.7 Å². The first-order valence-corrected chi connectivity index (χ1v) is 7.22. The summed E-state index contributed by atoms with van der Waals surface area (Å²) in [5.41, 5.74) is 0. The number of tetrazole rings is 1. The minimum Gasteiger partial charge on any atom is -0.467 e. The van der Waals surface area contributed by atoms with Gasteiger partial charge in [0.05, 0.1) is 12.3 Å². The molecule has 0 radical (unpaired) electrons. The van der Waals surface area contributed by atoms with Crippen molar-refractivity contribution < 1.29 is 14.3 Å². The lowest BCUT2D eigenvalue weighted by Crippen LogP contribution is -2.46. The number of aliphatic hydroxyl groups excluding tert-OH is 1. The van der Waals surface area contributed by atoms with E-state index in [2.05, 4.69) is 26.2 Å². The van der Waals surface area contributed by atoms with Gasteiger partial charge in [-0.25, -0.2) is 9.48 Å². The van der Waals surface area contributed by atoms with Gasteiger partial charge in [-0.2, -0.15) is 0 Å². The van der Waals surface area contributed by atoms with Crippen molar-refractivity contribution in [3.8, 4) is 0 Å². The zero-order valence-corrected chi connectivity index (χ0v) is 12.0. The average Bonchev–Trinajstić information content (AvgIpc) is 3.17. The minimum atomic E-state index is -0.353. The van der Waals surface area contributed by atoms with E-state index in [4.69, 9.17) is 9.52 Å². The van der Waals surface area contributed by atoms with E-state index in [1.165, 1.54) is 0 Å². The Morgan fingerprint density at radius 3 is 3.27 bits per heavy atom. The molecule has 0 aromatic carbocycles. The van der Waals surface area contributed by atoms with Crippen molar-refractivity contribution in [2.75, 3.05) is 6.61 Å². The number of amides is 2. The van der Waals surface area contributed by atoms with Crippen LogP contribution in [0.1, 0.15) is 30.5 Å². The van der Waals surface area contributed by atoms with Gasteiger partial charge >= 0.3 is 6.03 Å². The normalized spacial score (nSPS) is 18.5. The third-order valence-corrected chi connectivity index (χ3v) is 3.67. The second-order valence-corrected chi connectivity index (χ2v) is 5.21. The van der Waals surface area contributed by atoms with Crippen LogP contribution < -0.4 is 10.6 Å². The first kappa shape index (κ1) is 14.5. The van der Waals surface area contributed by atoms with Crippen LogP contribution in [0.15, 0.2) is 22.8 Å². The number of hydrogen-bond donors (Lipinski definition) is 3. The van der Waals surface area contributed by atoms with Gasteiger partial charge in [-0.1, -0.05) is 0 Å². The molecule has 3 heterocycles. The van der Waals surface area contributed by atoms with Crippen LogP contribution in [-0.2, 0) is 13.0 Å². The Hall–Kier alpha value is -2.42. The van der Waals surface area contributed by atoms with Gasteiger partial charge in [0.25, 0.3) is 0 Å². The Morgan fingerprint density at radius 1 is 1.59 bits per heavy atom. The van der Waals surface area contributed by atoms with E-state index < -0.39 is 0 Å². The molecule has 0 bridgehead atoms. The molecule has 0 saturated carbocycles. The number of nitrogens with one attached hydrogen (secondary N) is 2. The number of fused-ring (bicyclic) bond motifs is 1. The molecule has 3 rings (SSSR count). The van der Waals surface area contributed by atoms with Crippen molar-refractivity contribution >= 4 is 6.03 Å². The Labute approximate surface area is 126 Å². The monoisotopic (exact) mass is 306 g/mol. The van der Waals surface area contributed by atoms with E-state index in [1.54, 1.807) is 23.1 Å². The molecule has 22 heavy (non-hydrogen) atoms. The molecule has 0 aliphatic carbocycles. The lowest BCUT2D eigenvalue weighted by molar-refractivity contribution is 0.218. The molecule has 2 atom stereocenters. The van der Waals surface area contributed by atoms with E-state index in [9.17, 15) is 4.79 Å². The minimum absolute atomic E-state index is 0.00937. The number of aromatic nitrogens is 4. The van der Waals surface area contributed by atoms with E-state index in [0.29, 0.717) is 25.1 Å². The number of carbonyl (C=O) groups is 1. The molecule has 2 unspecified atom stereocenters. The summed E-state index contributed by atoms with van der Waals surface area (Å²) in [5, 5.41) is 26.3. The van der Waals surface area contributed by atoms with Crippen molar-refractivity contribution in [3.63, 3.8) is 0 Å². The highest BCUT2D eigenvalue weighted by atomic mass is 16.3. The molecule has 2 aromatic heterocycles. The third kappa shape index (κ3) is 3.25. The fourth-order valence-electron chi connectivity index (χ4n) is 2.56. The summed E-state index contributed by atoms with van der Waals surface area (Å²) in [5.74, 6) is 1.39. The Kier molecular flexibility index (Phi) is 4.33. The van der Waals surface area contributed by atoms with Crippen molar-refractivity contribution in [2.45, 2.75) is 37.9 Å². The second kappa shape index (κ2) is 6.56. The van der Waals surface area contributed by atoms with Crippen molar-refractivity contribution in [2.24, 2.45) is 0 Å². The zero-order chi connectivity index (χ0) is 15.4. The molecule has 2 aromatic rings. The standard InChI is InChI=1S/C13H18N6O3/c20-6-4-10(11-2-1-7-22-11)15-13(21)14-9-3-5-19-12(8-9)16-17-18-19/h1-2,7,9-10,20H,3-6,8H2,(H2,14,15,21). The van der Waals surface area contributed by atoms with E-state index >= 15 is 0 Å². The summed E-state index contributed by atoms with van der Waals surface area (Å²) in [6, 6.07) is 2.87. The van der Waals surface area contributed by atoms with Gasteiger partial charge in [-0.15, -0.1) is 5.10 Å². The van der Waals surface area contributed by atoms with Crippen molar-refractivity contribution in [1.82, 2.24) is 30.8 Å². The van der Waals surface area contributed by atoms with Crippen LogP contribution in [0, 0.1) is 0 Å². The molecule has 0 saturated heterocycles. The Balaban J connectivity index is 1.55. The van der Waals surface area contributed by atoms with Gasteiger partial charge in [0.2, 0.25) is 0 Å². The molecule has 1 aliphatic heterocycles. The highest BCUT2D eigenvalue weighted by Crippen LogP contribution is 2.17. The van der Waals surface area contributed by atoms with Gasteiger partial charge in [0, 0.05) is 25.6 Å². The van der Waals surface area contributed by atoms with Crippen molar-refractivity contribution in [3.05, 3.63) is 30.0 Å². The fraction of sp³-hybridized carbons (Fsp3) is 0.538. The van der Waals surface area contributed by atoms with Gasteiger partial charge in [0.1, 0.15) is 5.76 Å². The third-order valence-electron chi connectivity index (χ3n) is 3.67. The number of urea groups is 1. The summed E-state index contributed by atoms with van der Waals surface area (Å²) >= 11 is 0. The summed E-state index contributed by atoms with van der Waals surface area (Å²) in [6.45, 7) is 0.648. The summed E-state index contributed by atoms with van der Waals surface area (Å²) in [4.78, 5) is 12.1. The maximum atomic E-state index is 12.1. The second-order valence-electron chi connectivity index (χ2n) is 5.21. The fourth-order valence-corrected chi connectivity index (χ4v) is 2.56. The maximum absolute atomic E-state index is 12.1. The lowest BCUT2D eigenvalue weighted by Gasteiger charge is -2.24. The first-order valence-electron chi connectivity index (χ1n) is 7.22. The van der Waals surface area contributed by atoms with Crippen LogP contribution in [0.4, 0.5) is 4.79 Å². The van der Waals surface area contributed by atoms with Crippen LogP contribution >= 0.6 is 0 Å². The number of aryl methyl sites for hydroxylation is 1. The highest BCUT2D eigenvalue weighted by molar-refractivity contribution is 5.74. The van der Waals surface area contributed by atoms with Crippen LogP contribution in [-0.4, -0.2) is 44.0 Å². The topological polar surface area (TPSA) is 118 Å². The van der Waals surface area contributed by atoms with Crippen LogP contribution in [0.2, 0.25) is 0 Å². The number of aliphatic hydroxyl groups is 1. The molecule has 0 fully saturated rings. The number of carbonyl (C=O) groups excluding carboxylic acids is 1. The predicted molar refractivity (Wildman–Crippen MR) is 74.7 cm³/mol. The van der Waals surface area contributed by atoms with Gasteiger partial charge in [0.15, 0.2) is 5.82 Å². The number of nitrogens with zero attached hydrogens (tertiary/aromatic N) is 4. The number of rotatable bonds is 5. The number of furan rings is 1. The van der Waals surface area contributed by atoms with Crippen LogP contribution in [0.3, 0.4) is 0 Å². The Bertz CT molecular complexity index is 611. The predicted octanol–water partition coefficient (Wildman–Crippen LogP) is 0.00380.